The summed E-state index contributed by atoms with van der Waals surface area (Å²) in [5, 5.41) is 9.16. The maximum Gasteiger partial charge on any atom is 0.411 e. The van der Waals surface area contributed by atoms with Gasteiger partial charge < -0.3 is 20.7 Å². The van der Waals surface area contributed by atoms with E-state index in [0.29, 0.717) is 24.6 Å². The van der Waals surface area contributed by atoms with Crippen molar-refractivity contribution in [2.24, 2.45) is 4.99 Å². The molecule has 0 aliphatic carbocycles. The summed E-state index contributed by atoms with van der Waals surface area (Å²) in [6, 6.07) is 14.8. The Morgan fingerprint density at radius 2 is 1.56 bits per heavy atom. The number of carbonyl (C=O) groups is 1. The van der Waals surface area contributed by atoms with E-state index in [0.717, 1.165) is 23.2 Å². The number of hydrogen-bond donors (Lipinski definition) is 3. The smallest absolute Gasteiger partial charge is 0.367 e. The predicted molar refractivity (Wildman–Crippen MR) is 130 cm³/mol. The summed E-state index contributed by atoms with van der Waals surface area (Å²) in [6.45, 7) is 1.33. The van der Waals surface area contributed by atoms with Crippen molar-refractivity contribution in [2.75, 3.05) is 25.5 Å². The Balaban J connectivity index is 0.00000512. The third-order valence-corrected chi connectivity index (χ3v) is 4.22. The molecule has 0 radical (unpaired) electrons. The number of alkyl halides is 3. The van der Waals surface area contributed by atoms with Crippen molar-refractivity contribution in [3.8, 4) is 0 Å². The van der Waals surface area contributed by atoms with E-state index in [-0.39, 0.29) is 36.5 Å². The van der Waals surface area contributed by atoms with Crippen LogP contribution in [0.5, 0.6) is 0 Å². The van der Waals surface area contributed by atoms with E-state index in [9.17, 15) is 18.0 Å². The minimum absolute atomic E-state index is 0. The lowest BCUT2D eigenvalue weighted by molar-refractivity contribution is -0.176. The average Bonchev–Trinajstić information content (AvgIpc) is 2.71. The summed E-state index contributed by atoms with van der Waals surface area (Å²) in [5.41, 5.74) is 3.54. The highest BCUT2D eigenvalue weighted by Gasteiger charge is 2.27. The van der Waals surface area contributed by atoms with Crippen LogP contribution in [-0.4, -0.2) is 38.2 Å². The number of anilines is 1. The zero-order valence-corrected chi connectivity index (χ0v) is 20.3. The Morgan fingerprint density at radius 1 is 0.969 bits per heavy atom. The van der Waals surface area contributed by atoms with E-state index >= 15 is 0 Å². The van der Waals surface area contributed by atoms with Crippen LogP contribution in [0.1, 0.15) is 23.6 Å². The van der Waals surface area contributed by atoms with Gasteiger partial charge in [0.15, 0.2) is 5.96 Å². The van der Waals surface area contributed by atoms with Crippen LogP contribution < -0.4 is 16.0 Å². The van der Waals surface area contributed by atoms with Crippen molar-refractivity contribution < 1.29 is 22.7 Å². The van der Waals surface area contributed by atoms with Crippen LogP contribution in [0.4, 0.5) is 18.9 Å². The molecule has 32 heavy (non-hydrogen) atoms. The molecule has 3 N–H and O–H groups in total. The Kier molecular flexibility index (Phi) is 12.1. The monoisotopic (exact) mass is 564 g/mol. The van der Waals surface area contributed by atoms with E-state index in [1.165, 1.54) is 6.92 Å². The van der Waals surface area contributed by atoms with Gasteiger partial charge in [0.1, 0.15) is 6.61 Å². The maximum absolute atomic E-state index is 12.1. The molecule has 0 unspecified atom stereocenters. The second-order valence-electron chi connectivity index (χ2n) is 6.91. The Hall–Kier alpha value is -2.34. The van der Waals surface area contributed by atoms with Crippen LogP contribution in [0.2, 0.25) is 0 Å². The SMILES string of the molecule is CN=C(NCCc1ccc(NC(C)=O)cc1)NCc1ccc(COCC(F)(F)F)cc1.I. The minimum atomic E-state index is -4.32. The van der Waals surface area contributed by atoms with Crippen LogP contribution >= 0.6 is 24.0 Å². The number of nitrogens with one attached hydrogen (secondary N) is 3. The molecule has 0 heterocycles. The zero-order valence-electron chi connectivity index (χ0n) is 18.0. The Labute approximate surface area is 203 Å². The van der Waals surface area contributed by atoms with Gasteiger partial charge in [0, 0.05) is 32.7 Å². The summed E-state index contributed by atoms with van der Waals surface area (Å²) in [7, 11) is 1.68. The highest BCUT2D eigenvalue weighted by Crippen LogP contribution is 2.16. The fraction of sp³-hybridized carbons (Fsp3) is 0.364. The molecule has 0 aromatic heterocycles. The standard InChI is InChI=1S/C22H27F3N4O2.HI/c1-16(30)29-20-9-7-17(8-10-20)11-12-27-21(26-2)28-13-18-3-5-19(6-4-18)14-31-15-22(23,24)25;/h3-10H,11-15H2,1-2H3,(H,29,30)(H2,26,27,28);1H. The third kappa shape index (κ3) is 11.3. The number of aliphatic imine (C=N–C) groups is 1. The summed E-state index contributed by atoms with van der Waals surface area (Å²) in [5.74, 6) is 0.543. The van der Waals surface area contributed by atoms with Crippen molar-refractivity contribution in [1.29, 1.82) is 0 Å². The molecule has 6 nitrogen and oxygen atoms in total. The first-order valence-electron chi connectivity index (χ1n) is 9.78. The summed E-state index contributed by atoms with van der Waals surface area (Å²) in [4.78, 5) is 15.2. The number of guanidine groups is 1. The second-order valence-corrected chi connectivity index (χ2v) is 6.91. The predicted octanol–water partition coefficient (Wildman–Crippen LogP) is 4.25. The summed E-state index contributed by atoms with van der Waals surface area (Å²) in [6.07, 6.45) is -3.53. The first-order valence-corrected chi connectivity index (χ1v) is 9.78. The van der Waals surface area contributed by atoms with Crippen LogP contribution in [0.25, 0.3) is 0 Å². The van der Waals surface area contributed by atoms with Gasteiger partial charge in [-0.25, -0.2) is 0 Å². The highest BCUT2D eigenvalue weighted by atomic mass is 127. The molecule has 0 bridgehead atoms. The van der Waals surface area contributed by atoms with Crippen LogP contribution in [0.15, 0.2) is 53.5 Å². The van der Waals surface area contributed by atoms with Gasteiger partial charge in [-0.3, -0.25) is 9.79 Å². The van der Waals surface area contributed by atoms with Crippen molar-refractivity contribution >= 4 is 41.5 Å². The minimum Gasteiger partial charge on any atom is -0.367 e. The number of ether oxygens (including phenoxy) is 1. The van der Waals surface area contributed by atoms with Crippen molar-refractivity contribution in [1.82, 2.24) is 10.6 Å². The van der Waals surface area contributed by atoms with Gasteiger partial charge in [-0.15, -0.1) is 24.0 Å². The molecule has 10 heteroatoms. The number of rotatable bonds is 9. The van der Waals surface area contributed by atoms with E-state index in [2.05, 4.69) is 25.7 Å². The van der Waals surface area contributed by atoms with E-state index < -0.39 is 12.8 Å². The molecule has 0 saturated heterocycles. The summed E-state index contributed by atoms with van der Waals surface area (Å²) >= 11 is 0. The fourth-order valence-electron chi connectivity index (χ4n) is 2.73. The molecule has 0 aliphatic rings. The lowest BCUT2D eigenvalue weighted by Gasteiger charge is -2.13. The van der Waals surface area contributed by atoms with Gasteiger partial charge in [0.2, 0.25) is 5.91 Å². The normalized spacial score (nSPS) is 11.5. The molecular formula is C22H28F3IN4O2. The number of halogens is 4. The van der Waals surface area contributed by atoms with Crippen LogP contribution in [-0.2, 0) is 29.1 Å². The van der Waals surface area contributed by atoms with Crippen molar-refractivity contribution in [2.45, 2.75) is 32.7 Å². The lowest BCUT2D eigenvalue weighted by Crippen LogP contribution is -2.37. The zero-order chi connectivity index (χ0) is 22.7. The van der Waals surface area contributed by atoms with E-state index in [1.807, 2.05) is 36.4 Å². The quantitative estimate of drug-likeness (QED) is 0.242. The average molecular weight is 564 g/mol. The van der Waals surface area contributed by atoms with E-state index in [1.54, 1.807) is 19.2 Å². The molecule has 2 aromatic carbocycles. The van der Waals surface area contributed by atoms with Gasteiger partial charge in [-0.2, -0.15) is 13.2 Å². The molecule has 2 rings (SSSR count). The molecular weight excluding hydrogens is 536 g/mol. The van der Waals surface area contributed by atoms with E-state index in [4.69, 9.17) is 0 Å². The van der Waals surface area contributed by atoms with Gasteiger partial charge >= 0.3 is 6.18 Å². The molecule has 0 fully saturated rings. The van der Waals surface area contributed by atoms with Gasteiger partial charge in [-0.1, -0.05) is 36.4 Å². The molecule has 0 saturated carbocycles. The first-order chi connectivity index (χ1) is 14.7. The number of hydrogen-bond acceptors (Lipinski definition) is 3. The highest BCUT2D eigenvalue weighted by molar-refractivity contribution is 14.0. The van der Waals surface area contributed by atoms with Gasteiger partial charge in [-0.05, 0) is 35.2 Å². The number of nitrogens with zero attached hydrogens (tertiary/aromatic N) is 1. The maximum atomic E-state index is 12.1. The molecule has 2 aromatic rings. The van der Waals surface area contributed by atoms with Gasteiger partial charge in [0.05, 0.1) is 6.61 Å². The lowest BCUT2D eigenvalue weighted by atomic mass is 10.1. The molecule has 1 amide bonds. The Bertz CT molecular complexity index is 857. The number of benzene rings is 2. The Morgan fingerprint density at radius 3 is 2.12 bits per heavy atom. The second kappa shape index (κ2) is 13.9. The topological polar surface area (TPSA) is 74.8 Å². The third-order valence-electron chi connectivity index (χ3n) is 4.22. The van der Waals surface area contributed by atoms with Crippen molar-refractivity contribution in [3.63, 3.8) is 0 Å². The largest absolute Gasteiger partial charge is 0.411 e. The number of carbonyl (C=O) groups excluding carboxylic acids is 1. The van der Waals surface area contributed by atoms with Crippen LogP contribution in [0.3, 0.4) is 0 Å². The van der Waals surface area contributed by atoms with Crippen LogP contribution in [0, 0.1) is 0 Å². The molecule has 0 aliphatic heterocycles. The number of amides is 1. The molecule has 176 valence electrons. The molecule has 0 spiro atoms. The summed E-state index contributed by atoms with van der Waals surface area (Å²) < 4.78 is 41.0. The van der Waals surface area contributed by atoms with Crippen molar-refractivity contribution in [3.05, 3.63) is 65.2 Å². The van der Waals surface area contributed by atoms with Gasteiger partial charge in [0.25, 0.3) is 0 Å². The fourth-order valence-corrected chi connectivity index (χ4v) is 2.73. The first kappa shape index (κ1) is 27.7. The molecule has 0 atom stereocenters.